The van der Waals surface area contributed by atoms with E-state index in [9.17, 15) is 14.9 Å². The number of amides is 1. The molecule has 0 radical (unpaired) electrons. The van der Waals surface area contributed by atoms with Crippen LogP contribution in [0.5, 0.6) is 0 Å². The van der Waals surface area contributed by atoms with Gasteiger partial charge in [0, 0.05) is 23.4 Å². The van der Waals surface area contributed by atoms with Gasteiger partial charge < -0.3 is 9.73 Å². The fraction of sp³-hybridized carbons (Fsp3) is 0.190. The van der Waals surface area contributed by atoms with E-state index in [2.05, 4.69) is 15.4 Å². The lowest BCUT2D eigenvalue weighted by molar-refractivity contribution is -0.385. The molecule has 0 aliphatic heterocycles. The van der Waals surface area contributed by atoms with Crippen LogP contribution < -0.4 is 5.32 Å². The van der Waals surface area contributed by atoms with Crippen LogP contribution in [0.25, 0.3) is 22.5 Å². The maximum atomic E-state index is 13.1. The lowest BCUT2D eigenvalue weighted by Gasteiger charge is -2.10. The number of aryl methyl sites for hydroxylation is 1. The van der Waals surface area contributed by atoms with Gasteiger partial charge in [0.15, 0.2) is 11.4 Å². The van der Waals surface area contributed by atoms with Gasteiger partial charge in [-0.15, -0.1) is 0 Å². The van der Waals surface area contributed by atoms with Crippen LogP contribution in [-0.2, 0) is 0 Å². The Hall–Kier alpha value is -4.01. The van der Waals surface area contributed by atoms with E-state index in [4.69, 9.17) is 4.42 Å². The van der Waals surface area contributed by atoms with Gasteiger partial charge in [0.1, 0.15) is 5.69 Å². The molecule has 0 atom stereocenters. The number of fused-ring (bicyclic) bond motifs is 1. The Morgan fingerprint density at radius 3 is 2.73 bits per heavy atom. The van der Waals surface area contributed by atoms with Crippen molar-refractivity contribution < 1.29 is 14.1 Å². The summed E-state index contributed by atoms with van der Waals surface area (Å²) < 4.78 is 7.19. The second kappa shape index (κ2) is 7.43. The molecule has 0 saturated carbocycles. The predicted octanol–water partition coefficient (Wildman–Crippen LogP) is 4.74. The Bertz CT molecular complexity index is 1260. The van der Waals surface area contributed by atoms with Crippen molar-refractivity contribution in [3.05, 3.63) is 70.1 Å². The molecule has 9 nitrogen and oxygen atoms in total. The number of furan rings is 1. The minimum absolute atomic E-state index is 0.0394. The van der Waals surface area contributed by atoms with Gasteiger partial charge in [0.05, 0.1) is 28.3 Å². The highest BCUT2D eigenvalue weighted by Crippen LogP contribution is 2.28. The number of carbonyl (C=O) groups excluding carboxylic acids is 1. The molecule has 0 spiro atoms. The van der Waals surface area contributed by atoms with E-state index >= 15 is 0 Å². The molecule has 0 bridgehead atoms. The highest BCUT2D eigenvalue weighted by atomic mass is 16.6. The summed E-state index contributed by atoms with van der Waals surface area (Å²) >= 11 is 0. The molecule has 1 N–H and O–H groups in total. The van der Waals surface area contributed by atoms with E-state index in [1.165, 1.54) is 12.3 Å². The summed E-state index contributed by atoms with van der Waals surface area (Å²) in [6.07, 6.45) is 3.13. The normalized spacial score (nSPS) is 11.2. The largest absolute Gasteiger partial charge is 0.463 e. The third-order valence-corrected chi connectivity index (χ3v) is 4.74. The quantitative estimate of drug-likeness (QED) is 0.379. The van der Waals surface area contributed by atoms with E-state index in [1.807, 2.05) is 13.8 Å². The molecule has 1 aromatic carbocycles. The Morgan fingerprint density at radius 2 is 2.07 bits per heavy atom. The number of rotatable bonds is 5. The van der Waals surface area contributed by atoms with Gasteiger partial charge in [-0.2, -0.15) is 5.10 Å². The highest BCUT2D eigenvalue weighted by Gasteiger charge is 2.20. The van der Waals surface area contributed by atoms with E-state index in [0.29, 0.717) is 39.3 Å². The molecule has 0 unspecified atom stereocenters. The number of pyridine rings is 1. The van der Waals surface area contributed by atoms with Crippen LogP contribution in [-0.4, -0.2) is 25.6 Å². The van der Waals surface area contributed by atoms with Crippen LogP contribution in [0.15, 0.2) is 53.3 Å². The molecule has 152 valence electrons. The lowest BCUT2D eigenvalue weighted by Crippen LogP contribution is -2.13. The minimum Gasteiger partial charge on any atom is -0.463 e. The van der Waals surface area contributed by atoms with Gasteiger partial charge in [-0.1, -0.05) is 6.07 Å². The maximum Gasteiger partial charge on any atom is 0.274 e. The van der Waals surface area contributed by atoms with Crippen LogP contribution >= 0.6 is 0 Å². The van der Waals surface area contributed by atoms with Gasteiger partial charge >= 0.3 is 0 Å². The minimum atomic E-state index is -0.475. The zero-order valence-corrected chi connectivity index (χ0v) is 16.6. The summed E-state index contributed by atoms with van der Waals surface area (Å²) in [6.45, 7) is 5.59. The number of benzene rings is 1. The summed E-state index contributed by atoms with van der Waals surface area (Å²) in [4.78, 5) is 28.5. The molecule has 4 rings (SSSR count). The molecule has 0 aliphatic carbocycles. The van der Waals surface area contributed by atoms with Crippen LogP contribution in [0.1, 0.15) is 35.8 Å². The fourth-order valence-corrected chi connectivity index (χ4v) is 3.22. The summed E-state index contributed by atoms with van der Waals surface area (Å²) in [5.41, 5.74) is 2.19. The van der Waals surface area contributed by atoms with Crippen molar-refractivity contribution in [1.29, 1.82) is 0 Å². The van der Waals surface area contributed by atoms with Gasteiger partial charge in [-0.05, 0) is 45.0 Å². The summed E-state index contributed by atoms with van der Waals surface area (Å²) in [5.74, 6) is 0.102. The number of anilines is 1. The number of hydrogen-bond acceptors (Lipinski definition) is 6. The number of nitro groups is 1. The highest BCUT2D eigenvalue weighted by molar-refractivity contribution is 6.12. The molecular formula is C21H19N5O4. The average Bonchev–Trinajstić information content (AvgIpc) is 3.38. The molecule has 9 heteroatoms. The smallest absolute Gasteiger partial charge is 0.274 e. The Morgan fingerprint density at radius 1 is 1.27 bits per heavy atom. The van der Waals surface area contributed by atoms with Crippen molar-refractivity contribution in [3.8, 4) is 11.5 Å². The van der Waals surface area contributed by atoms with Gasteiger partial charge in [-0.25, -0.2) is 9.67 Å². The van der Waals surface area contributed by atoms with Crippen LogP contribution in [0.3, 0.4) is 0 Å². The number of nitro benzene ring substituents is 1. The summed E-state index contributed by atoms with van der Waals surface area (Å²) in [7, 11) is 0. The first-order chi connectivity index (χ1) is 14.3. The number of hydrogen-bond donors (Lipinski definition) is 1. The first kappa shape index (κ1) is 19.3. The molecular weight excluding hydrogens is 386 g/mol. The molecule has 3 aromatic heterocycles. The van der Waals surface area contributed by atoms with Crippen molar-refractivity contribution >= 4 is 28.3 Å². The first-order valence-corrected chi connectivity index (χ1v) is 9.33. The van der Waals surface area contributed by atoms with Crippen LogP contribution in [0.4, 0.5) is 11.4 Å². The molecule has 3 heterocycles. The molecule has 0 aliphatic rings. The average molecular weight is 405 g/mol. The molecule has 0 saturated heterocycles. The van der Waals surface area contributed by atoms with Crippen molar-refractivity contribution in [3.63, 3.8) is 0 Å². The van der Waals surface area contributed by atoms with Crippen molar-refractivity contribution in [2.24, 2.45) is 0 Å². The Kier molecular flexibility index (Phi) is 4.78. The zero-order chi connectivity index (χ0) is 21.4. The van der Waals surface area contributed by atoms with E-state index < -0.39 is 10.8 Å². The first-order valence-electron chi connectivity index (χ1n) is 9.33. The van der Waals surface area contributed by atoms with E-state index in [0.717, 1.165) is 0 Å². The van der Waals surface area contributed by atoms with Gasteiger partial charge in [-0.3, -0.25) is 14.9 Å². The number of carbonyl (C=O) groups is 1. The van der Waals surface area contributed by atoms with Gasteiger partial charge in [0.25, 0.3) is 11.6 Å². The number of nitrogens with one attached hydrogen (secondary N) is 1. The van der Waals surface area contributed by atoms with E-state index in [-0.39, 0.29) is 11.7 Å². The van der Waals surface area contributed by atoms with Gasteiger partial charge in [0.2, 0.25) is 0 Å². The van der Waals surface area contributed by atoms with Crippen LogP contribution in [0.2, 0.25) is 0 Å². The monoisotopic (exact) mass is 405 g/mol. The van der Waals surface area contributed by atoms with Crippen molar-refractivity contribution in [2.75, 3.05) is 5.32 Å². The topological polar surface area (TPSA) is 116 Å². The molecule has 30 heavy (non-hydrogen) atoms. The summed E-state index contributed by atoms with van der Waals surface area (Å²) in [6, 6.07) is 9.74. The van der Waals surface area contributed by atoms with Crippen molar-refractivity contribution in [1.82, 2.24) is 14.8 Å². The Labute approximate surface area is 171 Å². The lowest BCUT2D eigenvalue weighted by atomic mass is 10.1. The van der Waals surface area contributed by atoms with E-state index in [1.54, 1.807) is 48.1 Å². The Balaban J connectivity index is 1.80. The third kappa shape index (κ3) is 3.41. The standard InChI is InChI=1S/C21H19N5O4/c1-12(2)25-20-16(11-22-25)15(10-17(24-20)19-5-4-8-30-19)21(27)23-14-7-6-13(3)18(9-14)26(28)29/h4-12H,1-3H3,(H,23,27). The second-order valence-electron chi connectivity index (χ2n) is 7.17. The fourth-order valence-electron chi connectivity index (χ4n) is 3.22. The van der Waals surface area contributed by atoms with Crippen molar-refractivity contribution in [2.45, 2.75) is 26.8 Å². The third-order valence-electron chi connectivity index (χ3n) is 4.74. The van der Waals surface area contributed by atoms with Crippen LogP contribution in [0, 0.1) is 17.0 Å². The molecule has 0 fully saturated rings. The zero-order valence-electron chi connectivity index (χ0n) is 16.6. The second-order valence-corrected chi connectivity index (χ2v) is 7.17. The maximum absolute atomic E-state index is 13.1. The number of nitrogens with zero attached hydrogens (tertiary/aromatic N) is 4. The molecule has 4 aromatic rings. The molecule has 1 amide bonds. The SMILES string of the molecule is Cc1ccc(NC(=O)c2cc(-c3ccco3)nc3c2cnn3C(C)C)cc1[N+](=O)[O-]. The predicted molar refractivity (Wildman–Crippen MR) is 111 cm³/mol. The summed E-state index contributed by atoms with van der Waals surface area (Å²) in [5, 5.41) is 18.9. The number of aromatic nitrogens is 3.